The topological polar surface area (TPSA) is 98.7 Å². The van der Waals surface area contributed by atoms with E-state index in [4.69, 9.17) is 16.1 Å². The number of hydrogen-bond acceptors (Lipinski definition) is 6. The monoisotopic (exact) mass is 398 g/mol. The molecule has 0 saturated carbocycles. The van der Waals surface area contributed by atoms with Gasteiger partial charge < -0.3 is 9.84 Å². The zero-order chi connectivity index (χ0) is 19.7. The average molecular weight is 399 g/mol. The highest BCUT2D eigenvalue weighted by atomic mass is 35.5. The zero-order valence-corrected chi connectivity index (χ0v) is 15.2. The number of rotatable bonds is 4. The molecule has 0 aliphatic rings. The maximum absolute atomic E-state index is 14.3. The third kappa shape index (κ3) is 3.23. The second kappa shape index (κ2) is 7.20. The van der Waals surface area contributed by atoms with Crippen LogP contribution in [0.15, 0.2) is 53.7 Å². The van der Waals surface area contributed by atoms with Crippen LogP contribution >= 0.6 is 11.6 Å². The number of benzene rings is 1. The third-order valence-electron chi connectivity index (χ3n) is 3.95. The molecule has 0 saturated heterocycles. The molecule has 0 spiro atoms. The Bertz CT molecular complexity index is 1120. The lowest BCUT2D eigenvalue weighted by atomic mass is 10.0. The summed E-state index contributed by atoms with van der Waals surface area (Å²) in [5.41, 5.74) is 0.559. The Hall–Kier alpha value is -3.59. The normalized spacial score (nSPS) is 10.8. The average Bonchev–Trinajstić information content (AvgIpc) is 3.33. The van der Waals surface area contributed by atoms with E-state index in [0.717, 1.165) is 0 Å². The molecule has 3 heterocycles. The number of nitrogens with zero attached hydrogens (tertiary/aromatic N) is 5. The van der Waals surface area contributed by atoms with Crippen LogP contribution in [0.2, 0.25) is 5.02 Å². The van der Waals surface area contributed by atoms with Crippen molar-refractivity contribution in [1.82, 2.24) is 24.9 Å². The molecule has 140 valence electrons. The highest BCUT2D eigenvalue weighted by Gasteiger charge is 2.25. The van der Waals surface area contributed by atoms with Crippen LogP contribution in [-0.4, -0.2) is 30.8 Å². The number of carbonyl (C=O) groups excluding carboxylic acids is 1. The van der Waals surface area contributed by atoms with Gasteiger partial charge in [0.25, 0.3) is 5.91 Å². The predicted molar refractivity (Wildman–Crippen MR) is 98.8 cm³/mol. The van der Waals surface area contributed by atoms with Gasteiger partial charge in [-0.15, -0.1) is 0 Å². The standard InChI is InChI=1S/C18H12ClFN6O2/c1-10-15(17(25-28-10)16-12(19)3-2-4-13(16)20)18(27)24-11-5-6-14(22-7-11)26-9-21-8-23-26/h2-9H,1H3,(H,24,27). The molecule has 3 aromatic heterocycles. The van der Waals surface area contributed by atoms with Crippen LogP contribution in [-0.2, 0) is 0 Å². The summed E-state index contributed by atoms with van der Waals surface area (Å²) in [5.74, 6) is -0.355. The minimum absolute atomic E-state index is 0.00539. The fourth-order valence-corrected chi connectivity index (χ4v) is 2.90. The van der Waals surface area contributed by atoms with Crippen molar-refractivity contribution in [3.63, 3.8) is 0 Å². The smallest absolute Gasteiger partial charge is 0.261 e. The third-order valence-corrected chi connectivity index (χ3v) is 4.26. The van der Waals surface area contributed by atoms with Gasteiger partial charge in [-0.3, -0.25) is 4.79 Å². The van der Waals surface area contributed by atoms with E-state index < -0.39 is 11.7 Å². The first-order chi connectivity index (χ1) is 13.5. The summed E-state index contributed by atoms with van der Waals surface area (Å²) in [7, 11) is 0. The molecule has 0 bridgehead atoms. The molecule has 1 N–H and O–H groups in total. The predicted octanol–water partition coefficient (Wildman–Crippen LogP) is 3.67. The number of pyridine rings is 1. The minimum Gasteiger partial charge on any atom is -0.360 e. The van der Waals surface area contributed by atoms with Crippen LogP contribution in [0.25, 0.3) is 17.1 Å². The number of amides is 1. The van der Waals surface area contributed by atoms with Crippen LogP contribution in [0.1, 0.15) is 16.1 Å². The number of hydrogen-bond donors (Lipinski definition) is 1. The van der Waals surface area contributed by atoms with Crippen molar-refractivity contribution in [3.8, 4) is 17.1 Å². The minimum atomic E-state index is -0.603. The van der Waals surface area contributed by atoms with Gasteiger partial charge in [0, 0.05) is 0 Å². The highest BCUT2D eigenvalue weighted by molar-refractivity contribution is 6.33. The lowest BCUT2D eigenvalue weighted by Crippen LogP contribution is -2.14. The lowest BCUT2D eigenvalue weighted by Gasteiger charge is -2.08. The summed E-state index contributed by atoms with van der Waals surface area (Å²) in [6.07, 6.45) is 4.36. The molecule has 0 atom stereocenters. The molecule has 8 nitrogen and oxygen atoms in total. The van der Waals surface area contributed by atoms with Crippen molar-refractivity contribution < 1.29 is 13.7 Å². The van der Waals surface area contributed by atoms with Crippen molar-refractivity contribution in [2.24, 2.45) is 0 Å². The Labute approximate surface area is 163 Å². The van der Waals surface area contributed by atoms with E-state index in [1.165, 1.54) is 41.7 Å². The molecule has 1 aromatic carbocycles. The van der Waals surface area contributed by atoms with E-state index in [2.05, 4.69) is 25.5 Å². The van der Waals surface area contributed by atoms with Crippen molar-refractivity contribution in [2.75, 3.05) is 5.32 Å². The van der Waals surface area contributed by atoms with Crippen LogP contribution < -0.4 is 5.32 Å². The molecule has 0 aliphatic carbocycles. The van der Waals surface area contributed by atoms with Crippen molar-refractivity contribution >= 4 is 23.2 Å². The Kier molecular flexibility index (Phi) is 4.58. The van der Waals surface area contributed by atoms with Crippen molar-refractivity contribution in [2.45, 2.75) is 6.92 Å². The number of aryl methyl sites for hydroxylation is 1. The van der Waals surface area contributed by atoms with Crippen LogP contribution in [0.4, 0.5) is 10.1 Å². The second-order valence-electron chi connectivity index (χ2n) is 5.76. The molecule has 0 unspecified atom stereocenters. The number of halogens is 2. The first kappa shape index (κ1) is 17.8. The van der Waals surface area contributed by atoms with E-state index >= 15 is 0 Å². The summed E-state index contributed by atoms with van der Waals surface area (Å²) in [6.45, 7) is 1.56. The van der Waals surface area contributed by atoms with E-state index in [-0.39, 0.29) is 27.6 Å². The van der Waals surface area contributed by atoms with Gasteiger partial charge in [-0.2, -0.15) is 5.10 Å². The highest BCUT2D eigenvalue weighted by Crippen LogP contribution is 2.33. The van der Waals surface area contributed by atoms with Gasteiger partial charge in [0.1, 0.15) is 35.5 Å². The van der Waals surface area contributed by atoms with Crippen LogP contribution in [0, 0.1) is 12.7 Å². The summed E-state index contributed by atoms with van der Waals surface area (Å²) >= 11 is 6.10. The van der Waals surface area contributed by atoms with E-state index in [9.17, 15) is 9.18 Å². The molecule has 0 aliphatic heterocycles. The molecule has 4 aromatic rings. The molecule has 0 radical (unpaired) electrons. The van der Waals surface area contributed by atoms with Gasteiger partial charge >= 0.3 is 0 Å². The molecule has 10 heteroatoms. The largest absolute Gasteiger partial charge is 0.360 e. The van der Waals surface area contributed by atoms with Crippen LogP contribution in [0.5, 0.6) is 0 Å². The lowest BCUT2D eigenvalue weighted by molar-refractivity contribution is 0.102. The van der Waals surface area contributed by atoms with Crippen molar-refractivity contribution in [1.29, 1.82) is 0 Å². The maximum Gasteiger partial charge on any atom is 0.261 e. The van der Waals surface area contributed by atoms with E-state index in [0.29, 0.717) is 11.5 Å². The Morgan fingerprint density at radius 3 is 2.82 bits per heavy atom. The Balaban J connectivity index is 1.64. The zero-order valence-electron chi connectivity index (χ0n) is 14.4. The van der Waals surface area contributed by atoms with Crippen molar-refractivity contribution in [3.05, 3.63) is 71.3 Å². The van der Waals surface area contributed by atoms with Gasteiger partial charge in [-0.1, -0.05) is 22.8 Å². The van der Waals surface area contributed by atoms with Gasteiger partial charge in [0.05, 0.1) is 22.5 Å². The fraction of sp³-hybridized carbons (Fsp3) is 0.0556. The molecular formula is C18H12ClFN6O2. The molecule has 28 heavy (non-hydrogen) atoms. The molecule has 1 amide bonds. The molecule has 4 rings (SSSR count). The Morgan fingerprint density at radius 2 is 2.14 bits per heavy atom. The van der Waals surface area contributed by atoms with Gasteiger partial charge in [-0.25, -0.2) is 19.0 Å². The summed E-state index contributed by atoms with van der Waals surface area (Å²) in [4.78, 5) is 20.9. The number of aromatic nitrogens is 5. The molecular weight excluding hydrogens is 387 g/mol. The summed E-state index contributed by atoms with van der Waals surface area (Å²) < 4.78 is 20.9. The van der Waals surface area contributed by atoms with Crippen LogP contribution in [0.3, 0.4) is 0 Å². The first-order valence-corrected chi connectivity index (χ1v) is 8.45. The number of anilines is 1. The second-order valence-corrected chi connectivity index (χ2v) is 6.17. The van der Waals surface area contributed by atoms with E-state index in [1.807, 2.05) is 0 Å². The quantitative estimate of drug-likeness (QED) is 0.563. The first-order valence-electron chi connectivity index (χ1n) is 8.07. The van der Waals surface area contributed by atoms with Gasteiger partial charge in [-0.05, 0) is 31.2 Å². The number of nitrogens with one attached hydrogen (secondary N) is 1. The van der Waals surface area contributed by atoms with Gasteiger partial charge in [0.2, 0.25) is 0 Å². The number of carbonyl (C=O) groups is 1. The Morgan fingerprint density at radius 1 is 1.29 bits per heavy atom. The van der Waals surface area contributed by atoms with Gasteiger partial charge in [0.15, 0.2) is 5.82 Å². The fourth-order valence-electron chi connectivity index (χ4n) is 2.65. The maximum atomic E-state index is 14.3. The SMILES string of the molecule is Cc1onc(-c2c(F)cccc2Cl)c1C(=O)Nc1ccc(-n2cncn2)nc1. The van der Waals surface area contributed by atoms with E-state index in [1.54, 1.807) is 19.1 Å². The summed E-state index contributed by atoms with van der Waals surface area (Å²) in [5, 5.41) is 10.6. The molecule has 0 fully saturated rings. The summed E-state index contributed by atoms with van der Waals surface area (Å²) in [6, 6.07) is 7.54.